The number of hydrogen-bond acceptors (Lipinski definition) is 3. The molecule has 0 saturated heterocycles. The number of rotatable bonds is 6. The number of aryl methyl sites for hydroxylation is 2. The van der Waals surface area contributed by atoms with E-state index in [-0.39, 0.29) is 6.04 Å². The molecule has 1 aromatic rings. The quantitative estimate of drug-likeness (QED) is 0.815. The van der Waals surface area contributed by atoms with Crippen molar-refractivity contribution in [2.75, 3.05) is 20.7 Å². The molecule has 2 unspecified atom stereocenters. The fourth-order valence-corrected chi connectivity index (χ4v) is 2.56. The summed E-state index contributed by atoms with van der Waals surface area (Å²) in [5, 5.41) is 3.22. The summed E-state index contributed by atoms with van der Waals surface area (Å²) in [6.07, 6.45) is 1.05. The van der Waals surface area contributed by atoms with E-state index >= 15 is 0 Å². The molecule has 0 spiro atoms. The second-order valence-electron chi connectivity index (χ2n) is 4.95. The van der Waals surface area contributed by atoms with Crippen LogP contribution in [-0.4, -0.2) is 20.7 Å². The van der Waals surface area contributed by atoms with Crippen LogP contribution in [0.4, 0.5) is 0 Å². The standard InChI is InChI=1S/C15H26N2O/c1-6-12(9-17-4)15(16)14-11(3)7-10(2)8-13(14)18-5/h7-8,12,15,17H,6,9,16H2,1-5H3. The van der Waals surface area contributed by atoms with Gasteiger partial charge >= 0.3 is 0 Å². The normalized spacial score (nSPS) is 14.3. The Morgan fingerprint density at radius 3 is 2.50 bits per heavy atom. The van der Waals surface area contributed by atoms with Gasteiger partial charge in [-0.3, -0.25) is 0 Å². The second-order valence-corrected chi connectivity index (χ2v) is 4.95. The van der Waals surface area contributed by atoms with Crippen LogP contribution in [0.25, 0.3) is 0 Å². The van der Waals surface area contributed by atoms with Crippen molar-refractivity contribution in [3.63, 3.8) is 0 Å². The minimum atomic E-state index is 0.0120. The molecule has 1 rings (SSSR count). The molecule has 0 fully saturated rings. The fourth-order valence-electron chi connectivity index (χ4n) is 2.56. The van der Waals surface area contributed by atoms with Gasteiger partial charge in [-0.05, 0) is 50.6 Å². The number of hydrogen-bond donors (Lipinski definition) is 2. The number of benzene rings is 1. The smallest absolute Gasteiger partial charge is 0.124 e. The van der Waals surface area contributed by atoms with Crippen molar-refractivity contribution >= 4 is 0 Å². The Kier molecular flexibility index (Phi) is 5.63. The van der Waals surface area contributed by atoms with E-state index in [2.05, 4.69) is 38.2 Å². The molecule has 102 valence electrons. The molecule has 0 saturated carbocycles. The molecule has 18 heavy (non-hydrogen) atoms. The first kappa shape index (κ1) is 15.0. The molecule has 0 aliphatic heterocycles. The van der Waals surface area contributed by atoms with Crippen molar-refractivity contribution in [3.05, 3.63) is 28.8 Å². The third-order valence-corrected chi connectivity index (χ3v) is 3.55. The summed E-state index contributed by atoms with van der Waals surface area (Å²) >= 11 is 0. The van der Waals surface area contributed by atoms with Crippen molar-refractivity contribution in [1.82, 2.24) is 5.32 Å². The summed E-state index contributed by atoms with van der Waals surface area (Å²) in [6.45, 7) is 7.29. The molecule has 3 nitrogen and oxygen atoms in total. The Hall–Kier alpha value is -1.06. The average molecular weight is 250 g/mol. The zero-order valence-electron chi connectivity index (χ0n) is 12.2. The molecule has 0 aliphatic rings. The minimum absolute atomic E-state index is 0.0120. The first-order valence-electron chi connectivity index (χ1n) is 6.60. The Morgan fingerprint density at radius 2 is 2.00 bits per heavy atom. The zero-order chi connectivity index (χ0) is 13.7. The maximum Gasteiger partial charge on any atom is 0.124 e. The average Bonchev–Trinajstić information content (AvgIpc) is 2.34. The van der Waals surface area contributed by atoms with Gasteiger partial charge in [0.15, 0.2) is 0 Å². The topological polar surface area (TPSA) is 47.3 Å². The summed E-state index contributed by atoms with van der Waals surface area (Å²) in [6, 6.07) is 4.25. The van der Waals surface area contributed by atoms with Crippen LogP contribution in [0, 0.1) is 19.8 Å². The molecular weight excluding hydrogens is 224 g/mol. The first-order valence-corrected chi connectivity index (χ1v) is 6.60. The number of nitrogens with two attached hydrogens (primary N) is 1. The van der Waals surface area contributed by atoms with Gasteiger partial charge in [-0.1, -0.05) is 19.4 Å². The third kappa shape index (κ3) is 3.24. The molecule has 2 atom stereocenters. The summed E-state index contributed by atoms with van der Waals surface area (Å²) < 4.78 is 5.50. The Balaban J connectivity index is 3.14. The van der Waals surface area contributed by atoms with Gasteiger partial charge in [-0.2, -0.15) is 0 Å². The zero-order valence-corrected chi connectivity index (χ0v) is 12.2. The SMILES string of the molecule is CCC(CNC)C(N)c1c(C)cc(C)cc1OC. The molecular formula is C15H26N2O. The molecule has 3 N–H and O–H groups in total. The lowest BCUT2D eigenvalue weighted by Crippen LogP contribution is -2.30. The number of ether oxygens (including phenoxy) is 1. The van der Waals surface area contributed by atoms with E-state index in [1.807, 2.05) is 7.05 Å². The number of nitrogens with one attached hydrogen (secondary N) is 1. The van der Waals surface area contributed by atoms with Crippen LogP contribution in [0.3, 0.4) is 0 Å². The number of methoxy groups -OCH3 is 1. The second kappa shape index (κ2) is 6.76. The van der Waals surface area contributed by atoms with Crippen molar-refractivity contribution < 1.29 is 4.74 Å². The van der Waals surface area contributed by atoms with Gasteiger partial charge < -0.3 is 15.8 Å². The van der Waals surface area contributed by atoms with E-state index in [0.29, 0.717) is 5.92 Å². The molecule has 0 aromatic heterocycles. The summed E-state index contributed by atoms with van der Waals surface area (Å²) in [7, 11) is 3.68. The summed E-state index contributed by atoms with van der Waals surface area (Å²) in [5.41, 5.74) is 10.0. The maximum atomic E-state index is 6.44. The molecule has 1 aromatic carbocycles. The van der Waals surface area contributed by atoms with E-state index in [1.54, 1.807) is 7.11 Å². The predicted octanol–water partition coefficient (Wildman–Crippen LogP) is 2.56. The van der Waals surface area contributed by atoms with Crippen LogP contribution in [0.15, 0.2) is 12.1 Å². The molecule has 0 amide bonds. The molecule has 0 bridgehead atoms. The Bertz CT molecular complexity index is 390. The summed E-state index contributed by atoms with van der Waals surface area (Å²) in [5.74, 6) is 1.33. The Morgan fingerprint density at radius 1 is 1.33 bits per heavy atom. The van der Waals surface area contributed by atoms with Crippen LogP contribution in [-0.2, 0) is 0 Å². The van der Waals surface area contributed by atoms with Crippen LogP contribution < -0.4 is 15.8 Å². The van der Waals surface area contributed by atoms with Gasteiger partial charge in [0.25, 0.3) is 0 Å². The molecule has 0 aliphatic carbocycles. The van der Waals surface area contributed by atoms with E-state index in [1.165, 1.54) is 11.1 Å². The van der Waals surface area contributed by atoms with E-state index in [4.69, 9.17) is 10.5 Å². The lowest BCUT2D eigenvalue weighted by Gasteiger charge is -2.26. The van der Waals surface area contributed by atoms with Crippen LogP contribution >= 0.6 is 0 Å². The van der Waals surface area contributed by atoms with Gasteiger partial charge in [0.1, 0.15) is 5.75 Å². The first-order chi connectivity index (χ1) is 8.54. The lowest BCUT2D eigenvalue weighted by molar-refractivity contribution is 0.369. The van der Waals surface area contributed by atoms with Gasteiger partial charge in [-0.15, -0.1) is 0 Å². The van der Waals surface area contributed by atoms with E-state index < -0.39 is 0 Å². The summed E-state index contributed by atoms with van der Waals surface area (Å²) in [4.78, 5) is 0. The highest BCUT2D eigenvalue weighted by Gasteiger charge is 2.22. The van der Waals surface area contributed by atoms with Crippen LogP contribution in [0.1, 0.15) is 36.1 Å². The van der Waals surface area contributed by atoms with Crippen molar-refractivity contribution in [2.24, 2.45) is 11.7 Å². The fraction of sp³-hybridized carbons (Fsp3) is 0.600. The largest absolute Gasteiger partial charge is 0.496 e. The highest BCUT2D eigenvalue weighted by molar-refractivity contribution is 5.45. The monoisotopic (exact) mass is 250 g/mol. The minimum Gasteiger partial charge on any atom is -0.496 e. The Labute approximate surface area is 111 Å². The molecule has 0 radical (unpaired) electrons. The van der Waals surface area contributed by atoms with Gasteiger partial charge in [0.05, 0.1) is 7.11 Å². The van der Waals surface area contributed by atoms with Crippen molar-refractivity contribution in [3.8, 4) is 5.75 Å². The van der Waals surface area contributed by atoms with Crippen LogP contribution in [0.5, 0.6) is 5.75 Å². The van der Waals surface area contributed by atoms with Crippen molar-refractivity contribution in [2.45, 2.75) is 33.2 Å². The van der Waals surface area contributed by atoms with Gasteiger partial charge in [0, 0.05) is 11.6 Å². The van der Waals surface area contributed by atoms with Gasteiger partial charge in [0.2, 0.25) is 0 Å². The maximum absolute atomic E-state index is 6.44. The predicted molar refractivity (Wildman–Crippen MR) is 77.1 cm³/mol. The molecule has 3 heteroatoms. The highest BCUT2D eigenvalue weighted by atomic mass is 16.5. The molecule has 0 heterocycles. The third-order valence-electron chi connectivity index (χ3n) is 3.55. The lowest BCUT2D eigenvalue weighted by atomic mass is 9.87. The highest BCUT2D eigenvalue weighted by Crippen LogP contribution is 2.33. The van der Waals surface area contributed by atoms with Crippen LogP contribution in [0.2, 0.25) is 0 Å². The van der Waals surface area contributed by atoms with E-state index in [0.717, 1.165) is 24.3 Å². The van der Waals surface area contributed by atoms with Crippen molar-refractivity contribution in [1.29, 1.82) is 0 Å². The van der Waals surface area contributed by atoms with Gasteiger partial charge in [-0.25, -0.2) is 0 Å². The van der Waals surface area contributed by atoms with E-state index in [9.17, 15) is 0 Å².